The van der Waals surface area contributed by atoms with E-state index >= 15 is 0 Å². The molecule has 0 amide bonds. The van der Waals surface area contributed by atoms with Crippen LogP contribution in [-0.2, 0) is 4.74 Å². The Kier molecular flexibility index (Phi) is 7.34. The zero-order valence-corrected chi connectivity index (χ0v) is 20.4. The quantitative estimate of drug-likeness (QED) is 0.241. The van der Waals surface area contributed by atoms with Crippen molar-refractivity contribution < 1.29 is 33.3 Å². The number of esters is 1. The third-order valence-electron chi connectivity index (χ3n) is 5.66. The molecule has 0 fully saturated rings. The van der Waals surface area contributed by atoms with Crippen LogP contribution in [0.5, 0.6) is 23.0 Å². The molecule has 1 heterocycles. The van der Waals surface area contributed by atoms with E-state index in [0.29, 0.717) is 50.7 Å². The van der Waals surface area contributed by atoms with Crippen molar-refractivity contribution in [3.8, 4) is 34.3 Å². The van der Waals surface area contributed by atoms with E-state index in [1.165, 1.54) is 14.2 Å². The number of Topliss-reactive ketones (excluding diaryl/α,β-unsaturated/α-hetero) is 1. The number of ether oxygens (including phenoxy) is 5. The fraction of sp³-hybridized carbons (Fsp3) is 0.179. The molecule has 0 bridgehead atoms. The Labute approximate surface area is 208 Å². The zero-order chi connectivity index (χ0) is 25.7. The van der Waals surface area contributed by atoms with E-state index in [9.17, 15) is 9.59 Å². The minimum absolute atomic E-state index is 0.297. The molecule has 184 valence electrons. The lowest BCUT2D eigenvalue weighted by Gasteiger charge is -2.12. The van der Waals surface area contributed by atoms with Gasteiger partial charge in [-0.05, 0) is 48.5 Å². The van der Waals surface area contributed by atoms with Crippen molar-refractivity contribution >= 4 is 22.7 Å². The van der Waals surface area contributed by atoms with Crippen LogP contribution >= 0.6 is 0 Å². The fourth-order valence-corrected chi connectivity index (χ4v) is 3.79. The minimum atomic E-state index is -0.635. The van der Waals surface area contributed by atoms with Gasteiger partial charge in [0.25, 0.3) is 0 Å². The lowest BCUT2D eigenvalue weighted by atomic mass is 10.0. The van der Waals surface area contributed by atoms with Gasteiger partial charge in [-0.3, -0.25) is 4.79 Å². The first-order valence-corrected chi connectivity index (χ1v) is 11.0. The summed E-state index contributed by atoms with van der Waals surface area (Å²) in [5.41, 5.74) is 2.53. The molecular formula is C28H25NO7. The van der Waals surface area contributed by atoms with Crippen LogP contribution in [-0.4, -0.2) is 51.8 Å². The van der Waals surface area contributed by atoms with Crippen LogP contribution in [0.1, 0.15) is 20.7 Å². The van der Waals surface area contributed by atoms with Crippen molar-refractivity contribution in [3.63, 3.8) is 0 Å². The van der Waals surface area contributed by atoms with Crippen LogP contribution in [0.3, 0.4) is 0 Å². The second kappa shape index (κ2) is 10.8. The number of aromatic nitrogens is 1. The molecule has 8 nitrogen and oxygen atoms in total. The first-order chi connectivity index (χ1) is 17.5. The number of pyridine rings is 1. The van der Waals surface area contributed by atoms with Crippen LogP contribution in [0, 0.1) is 0 Å². The zero-order valence-electron chi connectivity index (χ0n) is 20.4. The number of methoxy groups -OCH3 is 4. The number of hydrogen-bond acceptors (Lipinski definition) is 8. The summed E-state index contributed by atoms with van der Waals surface area (Å²) in [5.74, 6) is 1.02. The lowest BCUT2D eigenvalue weighted by Crippen LogP contribution is -2.15. The standard InChI is InChI=1S/C28H25NO7/c1-32-24-11-9-17(13-26(24)34-3)22-15-20(19-7-5-6-8-21(19)29-22)28(31)36-16-23(30)18-10-12-25(33-2)27(14-18)35-4/h5-15H,16H2,1-4H3. The van der Waals surface area contributed by atoms with Crippen molar-refractivity contribution in [2.45, 2.75) is 0 Å². The molecule has 0 aliphatic rings. The Hall–Kier alpha value is -4.59. The molecule has 0 aliphatic carbocycles. The van der Waals surface area contributed by atoms with Gasteiger partial charge in [0.1, 0.15) is 0 Å². The molecular weight excluding hydrogens is 462 g/mol. The van der Waals surface area contributed by atoms with Crippen LogP contribution in [0.25, 0.3) is 22.2 Å². The van der Waals surface area contributed by atoms with Gasteiger partial charge in [-0.15, -0.1) is 0 Å². The highest BCUT2D eigenvalue weighted by atomic mass is 16.5. The second-order valence-corrected chi connectivity index (χ2v) is 7.71. The van der Waals surface area contributed by atoms with Gasteiger partial charge in [0.2, 0.25) is 0 Å². The number of hydrogen-bond donors (Lipinski definition) is 0. The average Bonchev–Trinajstić information content (AvgIpc) is 2.94. The highest BCUT2D eigenvalue weighted by Gasteiger charge is 2.19. The number of benzene rings is 3. The molecule has 0 spiro atoms. The summed E-state index contributed by atoms with van der Waals surface area (Å²) in [5, 5.41) is 0.616. The van der Waals surface area contributed by atoms with Crippen LogP contribution < -0.4 is 18.9 Å². The molecule has 36 heavy (non-hydrogen) atoms. The molecule has 4 rings (SSSR count). The fourth-order valence-electron chi connectivity index (χ4n) is 3.79. The number of carbonyl (C=O) groups excluding carboxylic acids is 2. The molecule has 0 saturated carbocycles. The number of ketones is 1. The maximum Gasteiger partial charge on any atom is 0.339 e. The Bertz CT molecular complexity index is 1430. The summed E-state index contributed by atoms with van der Waals surface area (Å²) >= 11 is 0. The predicted molar refractivity (Wildman–Crippen MR) is 134 cm³/mol. The maximum absolute atomic E-state index is 13.1. The van der Waals surface area contributed by atoms with E-state index in [2.05, 4.69) is 0 Å². The van der Waals surface area contributed by atoms with E-state index < -0.39 is 12.6 Å². The molecule has 0 unspecified atom stereocenters. The SMILES string of the molecule is COc1ccc(C(=O)COC(=O)c2cc(-c3ccc(OC)c(OC)c3)nc3ccccc23)cc1OC. The first-order valence-electron chi connectivity index (χ1n) is 11.0. The average molecular weight is 488 g/mol. The number of rotatable bonds is 9. The number of para-hydroxylation sites is 1. The first kappa shape index (κ1) is 24.5. The van der Waals surface area contributed by atoms with Gasteiger partial charge in [-0.2, -0.15) is 0 Å². The van der Waals surface area contributed by atoms with Gasteiger partial charge in [-0.25, -0.2) is 9.78 Å². The van der Waals surface area contributed by atoms with E-state index in [4.69, 9.17) is 28.7 Å². The van der Waals surface area contributed by atoms with Crippen molar-refractivity contribution in [3.05, 3.63) is 77.9 Å². The molecule has 4 aromatic rings. The molecule has 3 aromatic carbocycles. The van der Waals surface area contributed by atoms with Gasteiger partial charge >= 0.3 is 5.97 Å². The second-order valence-electron chi connectivity index (χ2n) is 7.71. The third-order valence-corrected chi connectivity index (χ3v) is 5.66. The van der Waals surface area contributed by atoms with Crippen LogP contribution in [0.4, 0.5) is 0 Å². The molecule has 8 heteroatoms. The lowest BCUT2D eigenvalue weighted by molar-refractivity contribution is 0.0476. The van der Waals surface area contributed by atoms with Crippen molar-refractivity contribution in [1.82, 2.24) is 4.98 Å². The predicted octanol–water partition coefficient (Wildman–Crippen LogP) is 4.98. The molecule has 0 radical (unpaired) electrons. The molecule has 0 aliphatic heterocycles. The van der Waals surface area contributed by atoms with Crippen LogP contribution in [0.2, 0.25) is 0 Å². The van der Waals surface area contributed by atoms with E-state index in [0.717, 1.165) is 5.56 Å². The Balaban J connectivity index is 1.63. The molecule has 1 aromatic heterocycles. The normalized spacial score (nSPS) is 10.6. The summed E-state index contributed by atoms with van der Waals surface area (Å²) in [6.45, 7) is -0.434. The van der Waals surface area contributed by atoms with Gasteiger partial charge in [0.05, 0.1) is 45.2 Å². The molecule has 0 atom stereocenters. The highest BCUT2D eigenvalue weighted by Crippen LogP contribution is 2.33. The summed E-state index contributed by atoms with van der Waals surface area (Å²) in [6, 6.07) is 19.0. The topological polar surface area (TPSA) is 93.2 Å². The summed E-state index contributed by atoms with van der Waals surface area (Å²) < 4.78 is 26.6. The Morgan fingerprint density at radius 3 is 2.06 bits per heavy atom. The Morgan fingerprint density at radius 2 is 1.36 bits per heavy atom. The number of fused-ring (bicyclic) bond motifs is 1. The van der Waals surface area contributed by atoms with E-state index in [-0.39, 0.29) is 5.78 Å². The highest BCUT2D eigenvalue weighted by molar-refractivity contribution is 6.06. The van der Waals surface area contributed by atoms with Gasteiger partial charge in [-0.1, -0.05) is 18.2 Å². The van der Waals surface area contributed by atoms with Crippen LogP contribution in [0.15, 0.2) is 66.7 Å². The van der Waals surface area contributed by atoms with Crippen molar-refractivity contribution in [2.75, 3.05) is 35.0 Å². The Morgan fingerprint density at radius 1 is 0.722 bits per heavy atom. The summed E-state index contributed by atoms with van der Waals surface area (Å²) in [7, 11) is 6.10. The van der Waals surface area contributed by atoms with E-state index in [1.807, 2.05) is 24.3 Å². The van der Waals surface area contributed by atoms with Gasteiger partial charge in [0, 0.05) is 16.5 Å². The van der Waals surface area contributed by atoms with Gasteiger partial charge in [0.15, 0.2) is 35.4 Å². The molecule has 0 saturated heterocycles. The van der Waals surface area contributed by atoms with E-state index in [1.54, 1.807) is 56.7 Å². The molecule has 0 N–H and O–H groups in total. The minimum Gasteiger partial charge on any atom is -0.493 e. The summed E-state index contributed by atoms with van der Waals surface area (Å²) in [4.78, 5) is 30.6. The smallest absolute Gasteiger partial charge is 0.339 e. The maximum atomic E-state index is 13.1. The van der Waals surface area contributed by atoms with Crippen molar-refractivity contribution in [2.24, 2.45) is 0 Å². The summed E-state index contributed by atoms with van der Waals surface area (Å²) in [6.07, 6.45) is 0. The number of nitrogens with zero attached hydrogens (tertiary/aromatic N) is 1. The van der Waals surface area contributed by atoms with Gasteiger partial charge < -0.3 is 23.7 Å². The monoisotopic (exact) mass is 487 g/mol. The number of carbonyl (C=O) groups is 2. The largest absolute Gasteiger partial charge is 0.493 e. The third kappa shape index (κ3) is 4.93. The van der Waals surface area contributed by atoms with Crippen molar-refractivity contribution in [1.29, 1.82) is 0 Å².